The second-order valence-electron chi connectivity index (χ2n) is 6.81. The van der Waals surface area contributed by atoms with Gasteiger partial charge < -0.3 is 31.9 Å². The van der Waals surface area contributed by atoms with Gasteiger partial charge in [0.15, 0.2) is 0 Å². The molecule has 7 N–H and O–H groups in total. The Morgan fingerprint density at radius 1 is 0.967 bits per heavy atom. The molecule has 0 aromatic rings. The van der Waals surface area contributed by atoms with Crippen LogP contribution in [0.15, 0.2) is 0 Å². The molecule has 0 bridgehead atoms. The van der Waals surface area contributed by atoms with Crippen molar-refractivity contribution in [3.8, 4) is 0 Å². The molecule has 12 heteroatoms. The minimum Gasteiger partial charge on any atom is -0.481 e. The van der Waals surface area contributed by atoms with Gasteiger partial charge >= 0.3 is 11.9 Å². The number of nitrogens with two attached hydrogens (primary N) is 1. The fourth-order valence-electron chi connectivity index (χ4n) is 2.50. The maximum absolute atomic E-state index is 12.7. The summed E-state index contributed by atoms with van der Waals surface area (Å²) in [6, 6.07) is -3.35. The lowest BCUT2D eigenvalue weighted by molar-refractivity contribution is -0.142. The lowest BCUT2D eigenvalue weighted by atomic mass is 9.97. The molecule has 172 valence electrons. The summed E-state index contributed by atoms with van der Waals surface area (Å²) in [5.41, 5.74) is 5.24. The summed E-state index contributed by atoms with van der Waals surface area (Å²) in [5.74, 6) is -4.18. The molecule has 4 atom stereocenters. The fourth-order valence-corrected chi connectivity index (χ4v) is 2.97. The van der Waals surface area contributed by atoms with Crippen LogP contribution in [0.2, 0.25) is 0 Å². The van der Waals surface area contributed by atoms with Crippen molar-refractivity contribution in [2.45, 2.75) is 57.7 Å². The number of carboxylic acids is 2. The number of hydrogen-bond acceptors (Lipinski definition) is 7. The summed E-state index contributed by atoms with van der Waals surface area (Å²) in [6.07, 6.45) is 1.98. The number of rotatable bonds is 15. The van der Waals surface area contributed by atoms with Crippen LogP contribution >= 0.6 is 11.8 Å². The van der Waals surface area contributed by atoms with E-state index in [1.165, 1.54) is 11.8 Å². The van der Waals surface area contributed by atoms with Crippen molar-refractivity contribution in [3.05, 3.63) is 0 Å². The van der Waals surface area contributed by atoms with Crippen LogP contribution in [-0.2, 0) is 24.0 Å². The molecule has 0 saturated carbocycles. The zero-order valence-corrected chi connectivity index (χ0v) is 18.3. The van der Waals surface area contributed by atoms with Gasteiger partial charge in [-0.1, -0.05) is 20.3 Å². The van der Waals surface area contributed by atoms with Gasteiger partial charge in [-0.15, -0.1) is 0 Å². The van der Waals surface area contributed by atoms with Gasteiger partial charge in [-0.25, -0.2) is 4.79 Å². The van der Waals surface area contributed by atoms with Crippen molar-refractivity contribution in [1.82, 2.24) is 16.0 Å². The molecule has 3 amide bonds. The van der Waals surface area contributed by atoms with Gasteiger partial charge in [-0.2, -0.15) is 11.8 Å². The van der Waals surface area contributed by atoms with Crippen LogP contribution < -0.4 is 21.7 Å². The number of carbonyl (C=O) groups is 5. The molecule has 0 radical (unpaired) electrons. The molecule has 11 nitrogen and oxygen atoms in total. The Labute approximate surface area is 179 Å². The Morgan fingerprint density at radius 2 is 1.60 bits per heavy atom. The molecule has 0 fully saturated rings. The lowest BCUT2D eigenvalue weighted by Crippen LogP contribution is -2.58. The van der Waals surface area contributed by atoms with Crippen molar-refractivity contribution in [3.63, 3.8) is 0 Å². The van der Waals surface area contributed by atoms with Crippen molar-refractivity contribution >= 4 is 41.4 Å². The van der Waals surface area contributed by atoms with E-state index in [0.29, 0.717) is 12.2 Å². The minimum absolute atomic E-state index is 0.187. The van der Waals surface area contributed by atoms with Crippen LogP contribution in [0.3, 0.4) is 0 Å². The summed E-state index contributed by atoms with van der Waals surface area (Å²) in [6.45, 7) is 3.13. The monoisotopic (exact) mass is 448 g/mol. The lowest BCUT2D eigenvalue weighted by Gasteiger charge is -2.27. The number of thioether (sulfide) groups is 1. The molecular formula is C18H32N4O7S. The third kappa shape index (κ3) is 10.4. The van der Waals surface area contributed by atoms with Crippen molar-refractivity contribution < 1.29 is 34.2 Å². The molecule has 0 aromatic heterocycles. The fraction of sp³-hybridized carbons (Fsp3) is 0.722. The van der Waals surface area contributed by atoms with E-state index in [4.69, 9.17) is 10.8 Å². The summed E-state index contributed by atoms with van der Waals surface area (Å²) < 4.78 is 0. The molecule has 0 aromatic carbocycles. The van der Waals surface area contributed by atoms with E-state index >= 15 is 0 Å². The van der Waals surface area contributed by atoms with Gasteiger partial charge in [0.1, 0.15) is 18.1 Å². The topological polar surface area (TPSA) is 188 Å². The molecule has 0 aliphatic heterocycles. The second-order valence-corrected chi connectivity index (χ2v) is 7.79. The first-order valence-electron chi connectivity index (χ1n) is 9.60. The van der Waals surface area contributed by atoms with Gasteiger partial charge in [-0.3, -0.25) is 19.2 Å². The average molecular weight is 449 g/mol. The number of hydrogen-bond donors (Lipinski definition) is 6. The molecule has 0 heterocycles. The maximum atomic E-state index is 12.7. The maximum Gasteiger partial charge on any atom is 0.326 e. The normalized spacial score (nSPS) is 14.7. The first kappa shape index (κ1) is 27.7. The van der Waals surface area contributed by atoms with Crippen LogP contribution in [0.25, 0.3) is 0 Å². The minimum atomic E-state index is -1.19. The van der Waals surface area contributed by atoms with Crippen LogP contribution in [0.5, 0.6) is 0 Å². The smallest absolute Gasteiger partial charge is 0.326 e. The Balaban J connectivity index is 5.40. The van der Waals surface area contributed by atoms with Crippen molar-refractivity contribution in [2.24, 2.45) is 11.7 Å². The molecule has 0 spiro atoms. The zero-order chi connectivity index (χ0) is 23.3. The Kier molecular flexibility index (Phi) is 13.5. The Bertz CT molecular complexity index is 617. The standard InChI is InChI=1S/C18H32N4O7S/c1-4-10(2)15(17(27)21-12(18(28)29)7-8-30-3)22-16(26)11(5-6-14(24)25)20-13(23)9-19/h10-12,15H,4-9,19H2,1-3H3,(H,20,23)(H,21,27)(H,22,26)(H,24,25)(H,28,29). The van der Waals surface area contributed by atoms with Gasteiger partial charge in [0.05, 0.1) is 6.54 Å². The third-order valence-corrected chi connectivity index (χ3v) is 5.15. The Hall–Kier alpha value is -2.34. The molecule has 30 heavy (non-hydrogen) atoms. The molecule has 0 aliphatic rings. The van der Waals surface area contributed by atoms with Crippen LogP contribution in [0.1, 0.15) is 39.5 Å². The van der Waals surface area contributed by atoms with E-state index < -0.39 is 47.8 Å². The average Bonchev–Trinajstić information content (AvgIpc) is 2.70. The van der Waals surface area contributed by atoms with Crippen molar-refractivity contribution in [2.75, 3.05) is 18.6 Å². The number of carboxylic acid groups (broad SMARTS) is 2. The highest BCUT2D eigenvalue weighted by atomic mass is 32.2. The van der Waals surface area contributed by atoms with E-state index in [9.17, 15) is 29.1 Å². The first-order chi connectivity index (χ1) is 14.1. The third-order valence-electron chi connectivity index (χ3n) is 4.50. The highest BCUT2D eigenvalue weighted by molar-refractivity contribution is 7.98. The summed E-state index contributed by atoms with van der Waals surface area (Å²) in [7, 11) is 0. The number of aliphatic carboxylic acids is 2. The van der Waals surface area contributed by atoms with Crippen LogP contribution in [0, 0.1) is 5.92 Å². The predicted octanol–water partition coefficient (Wildman–Crippen LogP) is -0.852. The SMILES string of the molecule is CCC(C)C(NC(=O)C(CCC(=O)O)NC(=O)CN)C(=O)NC(CCSC)C(=O)O. The van der Waals surface area contributed by atoms with E-state index in [2.05, 4.69) is 16.0 Å². The molecule has 4 unspecified atom stereocenters. The largest absolute Gasteiger partial charge is 0.481 e. The van der Waals surface area contributed by atoms with E-state index in [-0.39, 0.29) is 31.7 Å². The van der Waals surface area contributed by atoms with Gasteiger partial charge in [0, 0.05) is 6.42 Å². The molecular weight excluding hydrogens is 416 g/mol. The summed E-state index contributed by atoms with van der Waals surface area (Å²) in [4.78, 5) is 59.3. The van der Waals surface area contributed by atoms with E-state index in [1.807, 2.05) is 6.26 Å². The summed E-state index contributed by atoms with van der Waals surface area (Å²) in [5, 5.41) is 25.5. The van der Waals surface area contributed by atoms with E-state index in [1.54, 1.807) is 13.8 Å². The highest BCUT2D eigenvalue weighted by Gasteiger charge is 2.32. The Morgan fingerprint density at radius 3 is 2.07 bits per heavy atom. The number of nitrogens with one attached hydrogen (secondary N) is 3. The number of amides is 3. The zero-order valence-electron chi connectivity index (χ0n) is 17.5. The molecule has 0 saturated heterocycles. The van der Waals surface area contributed by atoms with Gasteiger partial charge in [0.2, 0.25) is 17.7 Å². The van der Waals surface area contributed by atoms with E-state index in [0.717, 1.165) is 0 Å². The van der Waals surface area contributed by atoms with Crippen LogP contribution in [0.4, 0.5) is 0 Å². The quantitative estimate of drug-likeness (QED) is 0.185. The molecule has 0 aliphatic carbocycles. The number of carbonyl (C=O) groups excluding carboxylic acids is 3. The van der Waals surface area contributed by atoms with Crippen molar-refractivity contribution in [1.29, 1.82) is 0 Å². The predicted molar refractivity (Wildman–Crippen MR) is 112 cm³/mol. The second kappa shape index (κ2) is 14.6. The van der Waals surface area contributed by atoms with Crippen LogP contribution in [-0.4, -0.2) is 76.6 Å². The molecule has 0 rings (SSSR count). The first-order valence-corrected chi connectivity index (χ1v) is 11.0. The van der Waals surface area contributed by atoms with Gasteiger partial charge in [0.25, 0.3) is 0 Å². The van der Waals surface area contributed by atoms with Gasteiger partial charge in [-0.05, 0) is 30.8 Å². The highest BCUT2D eigenvalue weighted by Crippen LogP contribution is 2.11. The summed E-state index contributed by atoms with van der Waals surface area (Å²) >= 11 is 1.44.